The summed E-state index contributed by atoms with van der Waals surface area (Å²) in [7, 11) is -1.64. The number of rotatable bonds is 6. The largest absolute Gasteiger partial charge is 0.416 e. The topological polar surface area (TPSA) is 81.1 Å². The monoisotopic (exact) mass is 515 g/mol. The quantitative estimate of drug-likeness (QED) is 0.362. The minimum atomic E-state index is -4.53. The fraction of sp³-hybridized carbons (Fsp3) is 0.231. The van der Waals surface area contributed by atoms with Gasteiger partial charge in [0.2, 0.25) is 5.91 Å². The van der Waals surface area contributed by atoms with Crippen LogP contribution in [0.15, 0.2) is 65.6 Å². The van der Waals surface area contributed by atoms with E-state index in [1.54, 1.807) is 25.2 Å². The number of sulfone groups is 1. The van der Waals surface area contributed by atoms with Gasteiger partial charge in [0.15, 0.2) is 9.84 Å². The number of nitrogens with zero attached hydrogens (tertiary/aromatic N) is 2. The second kappa shape index (κ2) is 9.42. The molecule has 0 aliphatic heterocycles. The third kappa shape index (κ3) is 5.13. The second-order valence-corrected chi connectivity index (χ2v) is 10.7. The van der Waals surface area contributed by atoms with Gasteiger partial charge in [-0.3, -0.25) is 4.79 Å². The third-order valence-corrected chi connectivity index (χ3v) is 7.73. The Labute approximate surface area is 206 Å². The van der Waals surface area contributed by atoms with Crippen molar-refractivity contribution in [2.24, 2.45) is 7.05 Å². The van der Waals surface area contributed by atoms with Gasteiger partial charge < -0.3 is 9.88 Å². The van der Waals surface area contributed by atoms with Crippen LogP contribution in [0.4, 0.5) is 18.9 Å². The van der Waals surface area contributed by atoms with Gasteiger partial charge in [0.1, 0.15) is 5.82 Å². The van der Waals surface area contributed by atoms with Gasteiger partial charge >= 0.3 is 6.18 Å². The number of hydrogen-bond acceptors (Lipinski definition) is 4. The molecule has 0 fully saturated rings. The van der Waals surface area contributed by atoms with E-state index >= 15 is 0 Å². The first-order valence-electron chi connectivity index (χ1n) is 11.2. The molecule has 0 atom stereocenters. The molecule has 4 aromatic rings. The zero-order valence-corrected chi connectivity index (χ0v) is 20.7. The van der Waals surface area contributed by atoms with Crippen LogP contribution in [0.5, 0.6) is 0 Å². The summed E-state index contributed by atoms with van der Waals surface area (Å²) in [5.74, 6) is 0.345. The summed E-state index contributed by atoms with van der Waals surface area (Å²) in [6, 6.07) is 14.7. The van der Waals surface area contributed by atoms with E-state index in [1.807, 2.05) is 4.57 Å². The van der Waals surface area contributed by atoms with E-state index in [0.717, 1.165) is 17.6 Å². The van der Waals surface area contributed by atoms with E-state index in [4.69, 9.17) is 0 Å². The molecule has 1 amide bonds. The van der Waals surface area contributed by atoms with Crippen LogP contribution in [0.3, 0.4) is 0 Å². The maximum atomic E-state index is 13.5. The van der Waals surface area contributed by atoms with Crippen molar-refractivity contribution in [1.82, 2.24) is 9.55 Å². The molecule has 1 heterocycles. The number of carbonyl (C=O) groups excluding carboxylic acids is 1. The first kappa shape index (κ1) is 25.4. The highest BCUT2D eigenvalue weighted by atomic mass is 32.2. The molecule has 0 radical (unpaired) electrons. The molecule has 10 heteroatoms. The summed E-state index contributed by atoms with van der Waals surface area (Å²) in [6.07, 6.45) is -4.29. The molecular weight excluding hydrogens is 491 g/mol. The molecule has 0 unspecified atom stereocenters. The Bertz CT molecular complexity index is 1560. The van der Waals surface area contributed by atoms with Crippen LogP contribution in [-0.4, -0.2) is 29.6 Å². The SMILES string of the molecule is CCS(=O)(=O)c1ccc(-c2cc(C(F)(F)F)ccc2Cc2nc3ccc(NC(C)=O)cc3n2C)cc1. The average Bonchev–Trinajstić information content (AvgIpc) is 3.13. The first-order chi connectivity index (χ1) is 16.9. The standard InChI is InChI=1S/C26H24F3N3O3S/c1-4-36(34,35)21-10-6-17(7-11-21)22-14-19(26(27,28)29)8-5-18(22)13-25-31-23-12-9-20(30-16(2)33)15-24(23)32(25)3/h5-12,14-15H,4,13H2,1-3H3,(H,30,33). The van der Waals surface area contributed by atoms with Crippen molar-refractivity contribution >= 4 is 32.5 Å². The Balaban J connectivity index is 1.78. The number of imidazole rings is 1. The molecule has 3 aromatic carbocycles. The van der Waals surface area contributed by atoms with Gasteiger partial charge in [-0.25, -0.2) is 13.4 Å². The summed E-state index contributed by atoms with van der Waals surface area (Å²) >= 11 is 0. The Morgan fingerprint density at radius 1 is 1.03 bits per heavy atom. The Morgan fingerprint density at radius 2 is 1.72 bits per heavy atom. The van der Waals surface area contributed by atoms with Crippen molar-refractivity contribution in [3.8, 4) is 11.1 Å². The number of anilines is 1. The summed E-state index contributed by atoms with van der Waals surface area (Å²) in [5, 5.41) is 2.72. The molecule has 0 saturated heterocycles. The van der Waals surface area contributed by atoms with Crippen molar-refractivity contribution in [2.45, 2.75) is 31.3 Å². The van der Waals surface area contributed by atoms with E-state index in [1.165, 1.54) is 44.2 Å². The molecule has 0 bridgehead atoms. The molecule has 1 aromatic heterocycles. The summed E-state index contributed by atoms with van der Waals surface area (Å²) in [5.41, 5.74) is 2.69. The van der Waals surface area contributed by atoms with Crippen LogP contribution in [0, 0.1) is 0 Å². The molecule has 36 heavy (non-hydrogen) atoms. The molecule has 0 aliphatic carbocycles. The fourth-order valence-electron chi connectivity index (χ4n) is 4.03. The molecule has 0 saturated carbocycles. The van der Waals surface area contributed by atoms with Gasteiger partial charge in [0.05, 0.1) is 27.2 Å². The van der Waals surface area contributed by atoms with E-state index in [0.29, 0.717) is 33.7 Å². The summed E-state index contributed by atoms with van der Waals surface area (Å²) < 4.78 is 66.7. The minimum absolute atomic E-state index is 0.0719. The third-order valence-electron chi connectivity index (χ3n) is 5.98. The number of alkyl halides is 3. The maximum Gasteiger partial charge on any atom is 0.416 e. The maximum absolute atomic E-state index is 13.5. The molecule has 1 N–H and O–H groups in total. The zero-order chi connectivity index (χ0) is 26.3. The van der Waals surface area contributed by atoms with E-state index in [9.17, 15) is 26.4 Å². The summed E-state index contributed by atoms with van der Waals surface area (Å²) in [4.78, 5) is 16.2. The molecule has 4 rings (SSSR count). The van der Waals surface area contributed by atoms with Crippen molar-refractivity contribution in [3.05, 3.63) is 77.6 Å². The summed E-state index contributed by atoms with van der Waals surface area (Å²) in [6.45, 7) is 2.94. The number of fused-ring (bicyclic) bond motifs is 1. The van der Waals surface area contributed by atoms with Crippen molar-refractivity contribution in [3.63, 3.8) is 0 Å². The first-order valence-corrected chi connectivity index (χ1v) is 12.8. The average molecular weight is 516 g/mol. The lowest BCUT2D eigenvalue weighted by atomic mass is 9.95. The van der Waals surface area contributed by atoms with Gasteiger partial charge in [0, 0.05) is 26.1 Å². The van der Waals surface area contributed by atoms with Gasteiger partial charge in [-0.15, -0.1) is 0 Å². The molecular formula is C26H24F3N3O3S. The number of aromatic nitrogens is 2. The van der Waals surface area contributed by atoms with Crippen molar-refractivity contribution < 1.29 is 26.4 Å². The van der Waals surface area contributed by atoms with Gasteiger partial charge in [-0.05, 0) is 59.2 Å². The lowest BCUT2D eigenvalue weighted by Gasteiger charge is -2.15. The van der Waals surface area contributed by atoms with Crippen LogP contribution in [0.25, 0.3) is 22.2 Å². The number of aryl methyl sites for hydroxylation is 1. The van der Waals surface area contributed by atoms with Crippen LogP contribution >= 0.6 is 0 Å². The Kier molecular flexibility index (Phi) is 6.66. The van der Waals surface area contributed by atoms with Crippen LogP contribution < -0.4 is 5.32 Å². The van der Waals surface area contributed by atoms with Gasteiger partial charge in [-0.1, -0.05) is 25.1 Å². The number of halogens is 3. The predicted molar refractivity (Wildman–Crippen MR) is 132 cm³/mol. The highest BCUT2D eigenvalue weighted by Gasteiger charge is 2.31. The van der Waals surface area contributed by atoms with Gasteiger partial charge in [-0.2, -0.15) is 13.2 Å². The molecule has 6 nitrogen and oxygen atoms in total. The Hall–Kier alpha value is -3.66. The van der Waals surface area contributed by atoms with Crippen molar-refractivity contribution in [2.75, 3.05) is 11.1 Å². The predicted octanol–water partition coefficient (Wildman–Crippen LogP) is 5.60. The van der Waals surface area contributed by atoms with Crippen LogP contribution in [0.1, 0.15) is 30.8 Å². The minimum Gasteiger partial charge on any atom is -0.331 e. The molecule has 0 aliphatic rings. The lowest BCUT2D eigenvalue weighted by Crippen LogP contribution is -2.07. The van der Waals surface area contributed by atoms with E-state index in [2.05, 4.69) is 10.3 Å². The van der Waals surface area contributed by atoms with Crippen molar-refractivity contribution in [1.29, 1.82) is 0 Å². The Morgan fingerprint density at radius 3 is 2.33 bits per heavy atom. The number of amides is 1. The lowest BCUT2D eigenvalue weighted by molar-refractivity contribution is -0.137. The van der Waals surface area contributed by atoms with E-state index < -0.39 is 21.6 Å². The van der Waals surface area contributed by atoms with Gasteiger partial charge in [0.25, 0.3) is 0 Å². The number of hydrogen-bond donors (Lipinski definition) is 1. The molecule has 188 valence electrons. The number of benzene rings is 3. The van der Waals surface area contributed by atoms with Crippen LogP contribution in [-0.2, 0) is 34.3 Å². The number of nitrogens with one attached hydrogen (secondary N) is 1. The second-order valence-electron chi connectivity index (χ2n) is 8.45. The zero-order valence-electron chi connectivity index (χ0n) is 19.8. The van der Waals surface area contributed by atoms with Crippen LogP contribution in [0.2, 0.25) is 0 Å². The normalized spacial score (nSPS) is 12.2. The van der Waals surface area contributed by atoms with E-state index in [-0.39, 0.29) is 23.0 Å². The fourth-order valence-corrected chi connectivity index (χ4v) is 4.92. The molecule has 0 spiro atoms. The highest BCUT2D eigenvalue weighted by Crippen LogP contribution is 2.35. The highest BCUT2D eigenvalue weighted by molar-refractivity contribution is 7.91. The smallest absolute Gasteiger partial charge is 0.331 e. The number of carbonyl (C=O) groups is 1.